The summed E-state index contributed by atoms with van der Waals surface area (Å²) in [5.41, 5.74) is 0. The van der Waals surface area contributed by atoms with Crippen LogP contribution in [0.4, 0.5) is 0 Å². The van der Waals surface area contributed by atoms with E-state index in [1.54, 1.807) is 0 Å². The van der Waals surface area contributed by atoms with Crippen LogP contribution in [0.5, 0.6) is 0 Å². The molecule has 0 aliphatic heterocycles. The zero-order valence-electron chi connectivity index (χ0n) is 8.19. The molecule has 14 heavy (non-hydrogen) atoms. The van der Waals surface area contributed by atoms with Crippen molar-refractivity contribution >= 4 is 11.9 Å². The van der Waals surface area contributed by atoms with Gasteiger partial charge < -0.3 is 9.47 Å². The topological polar surface area (TPSA) is 52.6 Å². The van der Waals surface area contributed by atoms with Gasteiger partial charge in [0.25, 0.3) is 0 Å². The van der Waals surface area contributed by atoms with Gasteiger partial charge >= 0.3 is 11.9 Å². The van der Waals surface area contributed by atoms with Gasteiger partial charge in [-0.1, -0.05) is 0 Å². The summed E-state index contributed by atoms with van der Waals surface area (Å²) in [5.74, 6) is -1.02. The van der Waals surface area contributed by atoms with Gasteiger partial charge in [-0.3, -0.25) is 0 Å². The highest BCUT2D eigenvalue weighted by Gasteiger charge is 2.17. The van der Waals surface area contributed by atoms with E-state index in [9.17, 15) is 9.59 Å². The van der Waals surface area contributed by atoms with Crippen molar-refractivity contribution in [2.75, 3.05) is 7.11 Å². The van der Waals surface area contributed by atoms with Crippen molar-refractivity contribution in [1.82, 2.24) is 0 Å². The average molecular weight is 198 g/mol. The maximum absolute atomic E-state index is 11.1. The smallest absolute Gasteiger partial charge is 0.331 e. The van der Waals surface area contributed by atoms with Crippen molar-refractivity contribution < 1.29 is 19.1 Å². The van der Waals surface area contributed by atoms with E-state index in [-0.39, 0.29) is 6.10 Å². The van der Waals surface area contributed by atoms with E-state index in [0.717, 1.165) is 37.8 Å². The van der Waals surface area contributed by atoms with E-state index in [1.807, 2.05) is 0 Å². The highest BCUT2D eigenvalue weighted by molar-refractivity contribution is 5.91. The Morgan fingerprint density at radius 1 is 1.14 bits per heavy atom. The summed E-state index contributed by atoms with van der Waals surface area (Å²) in [6.07, 6.45) is 6.28. The van der Waals surface area contributed by atoms with Crippen LogP contribution in [0.25, 0.3) is 0 Å². The number of esters is 2. The Labute approximate surface area is 82.9 Å². The van der Waals surface area contributed by atoms with Gasteiger partial charge in [0.2, 0.25) is 0 Å². The largest absolute Gasteiger partial charge is 0.466 e. The molecule has 0 aromatic rings. The Morgan fingerprint density at radius 3 is 2.29 bits per heavy atom. The monoisotopic (exact) mass is 198 g/mol. The van der Waals surface area contributed by atoms with Crippen molar-refractivity contribution in [2.45, 2.75) is 31.8 Å². The minimum absolute atomic E-state index is 0.0322. The minimum Gasteiger partial charge on any atom is -0.466 e. The summed E-state index contributed by atoms with van der Waals surface area (Å²) in [6, 6.07) is 0. The van der Waals surface area contributed by atoms with Crippen molar-refractivity contribution in [3.63, 3.8) is 0 Å². The van der Waals surface area contributed by atoms with Gasteiger partial charge in [-0.2, -0.15) is 0 Å². The molecule has 0 bridgehead atoms. The third-order valence-electron chi connectivity index (χ3n) is 2.14. The zero-order chi connectivity index (χ0) is 10.4. The molecule has 0 atom stereocenters. The number of carbonyl (C=O) groups excluding carboxylic acids is 2. The van der Waals surface area contributed by atoms with Crippen LogP contribution in [-0.2, 0) is 19.1 Å². The Morgan fingerprint density at radius 2 is 1.71 bits per heavy atom. The lowest BCUT2D eigenvalue weighted by Gasteiger charge is -2.08. The first-order chi connectivity index (χ1) is 6.72. The maximum atomic E-state index is 11.1. The highest BCUT2D eigenvalue weighted by Crippen LogP contribution is 2.20. The molecule has 1 aliphatic carbocycles. The fraction of sp³-hybridized carbons (Fsp3) is 0.600. The number of methoxy groups -OCH3 is 1. The first-order valence-corrected chi connectivity index (χ1v) is 4.69. The van der Waals surface area contributed by atoms with E-state index in [2.05, 4.69) is 4.74 Å². The van der Waals surface area contributed by atoms with Crippen molar-refractivity contribution in [2.24, 2.45) is 0 Å². The summed E-state index contributed by atoms with van der Waals surface area (Å²) in [7, 11) is 1.26. The van der Waals surface area contributed by atoms with Gasteiger partial charge in [-0.05, 0) is 25.7 Å². The first kappa shape index (κ1) is 10.8. The molecular weight excluding hydrogens is 184 g/mol. The standard InChI is InChI=1S/C10H14O4/c1-13-9(11)6-7-10(12)14-8-4-2-3-5-8/h6-8H,2-5H2,1H3/b7-6-. The molecule has 0 spiro atoms. The molecule has 0 aromatic heterocycles. The van der Waals surface area contributed by atoms with Crippen LogP contribution in [-0.4, -0.2) is 25.2 Å². The van der Waals surface area contributed by atoms with Gasteiger partial charge in [0, 0.05) is 12.2 Å². The summed E-state index contributed by atoms with van der Waals surface area (Å²) in [4.78, 5) is 21.7. The third kappa shape index (κ3) is 3.60. The number of hydrogen-bond acceptors (Lipinski definition) is 4. The summed E-state index contributed by atoms with van der Waals surface area (Å²) in [6.45, 7) is 0. The van der Waals surface area contributed by atoms with Gasteiger partial charge in [0.15, 0.2) is 0 Å². The quantitative estimate of drug-likeness (QED) is 0.505. The van der Waals surface area contributed by atoms with Crippen LogP contribution in [0, 0.1) is 0 Å². The average Bonchev–Trinajstić information content (AvgIpc) is 2.66. The number of ether oxygens (including phenoxy) is 2. The Balaban J connectivity index is 2.27. The summed E-state index contributed by atoms with van der Waals surface area (Å²) in [5, 5.41) is 0. The normalized spacial score (nSPS) is 17.2. The second kappa shape index (κ2) is 5.42. The molecule has 1 aliphatic rings. The van der Waals surface area contributed by atoms with Crippen LogP contribution in [0.1, 0.15) is 25.7 Å². The molecule has 0 radical (unpaired) electrons. The SMILES string of the molecule is COC(=O)/C=C\C(=O)OC1CCCC1. The van der Waals surface area contributed by atoms with Crippen LogP contribution in [0.15, 0.2) is 12.2 Å². The van der Waals surface area contributed by atoms with Gasteiger partial charge in [-0.25, -0.2) is 9.59 Å². The van der Waals surface area contributed by atoms with Crippen molar-refractivity contribution in [1.29, 1.82) is 0 Å². The summed E-state index contributed by atoms with van der Waals surface area (Å²) >= 11 is 0. The molecule has 4 heteroatoms. The highest BCUT2D eigenvalue weighted by atomic mass is 16.5. The number of carbonyl (C=O) groups is 2. The number of hydrogen-bond donors (Lipinski definition) is 0. The molecule has 0 amide bonds. The van der Waals surface area contributed by atoms with Crippen LogP contribution in [0.2, 0.25) is 0 Å². The Kier molecular flexibility index (Phi) is 4.16. The fourth-order valence-corrected chi connectivity index (χ4v) is 1.41. The Bertz CT molecular complexity index is 239. The van der Waals surface area contributed by atoms with Gasteiger partial charge in [0.05, 0.1) is 7.11 Å². The van der Waals surface area contributed by atoms with E-state index >= 15 is 0 Å². The molecule has 0 N–H and O–H groups in total. The second-order valence-electron chi connectivity index (χ2n) is 3.20. The van der Waals surface area contributed by atoms with E-state index in [4.69, 9.17) is 4.74 Å². The molecule has 0 aromatic carbocycles. The molecule has 0 heterocycles. The molecule has 1 rings (SSSR count). The van der Waals surface area contributed by atoms with E-state index in [0.29, 0.717) is 0 Å². The van der Waals surface area contributed by atoms with Gasteiger partial charge in [-0.15, -0.1) is 0 Å². The van der Waals surface area contributed by atoms with Crippen LogP contribution in [0.3, 0.4) is 0 Å². The Hall–Kier alpha value is -1.32. The molecule has 0 saturated heterocycles. The van der Waals surface area contributed by atoms with E-state index in [1.165, 1.54) is 7.11 Å². The second-order valence-corrected chi connectivity index (χ2v) is 3.20. The predicted molar refractivity (Wildman–Crippen MR) is 49.5 cm³/mol. The van der Waals surface area contributed by atoms with E-state index < -0.39 is 11.9 Å². The first-order valence-electron chi connectivity index (χ1n) is 4.69. The maximum Gasteiger partial charge on any atom is 0.331 e. The molecule has 1 fully saturated rings. The van der Waals surface area contributed by atoms with Crippen LogP contribution >= 0.6 is 0 Å². The molecular formula is C10H14O4. The van der Waals surface area contributed by atoms with Crippen molar-refractivity contribution in [3.8, 4) is 0 Å². The third-order valence-corrected chi connectivity index (χ3v) is 2.14. The molecule has 78 valence electrons. The predicted octanol–water partition coefficient (Wildman–Crippen LogP) is 1.20. The lowest BCUT2D eigenvalue weighted by Crippen LogP contribution is -2.12. The fourth-order valence-electron chi connectivity index (χ4n) is 1.41. The van der Waals surface area contributed by atoms with Gasteiger partial charge in [0.1, 0.15) is 6.10 Å². The van der Waals surface area contributed by atoms with Crippen molar-refractivity contribution in [3.05, 3.63) is 12.2 Å². The number of rotatable bonds is 3. The molecule has 1 saturated carbocycles. The molecule has 4 nitrogen and oxygen atoms in total. The lowest BCUT2D eigenvalue weighted by molar-refractivity contribution is -0.143. The lowest BCUT2D eigenvalue weighted by atomic mass is 10.3. The summed E-state index contributed by atoms with van der Waals surface area (Å²) < 4.78 is 9.41. The zero-order valence-corrected chi connectivity index (χ0v) is 8.19. The molecule has 0 unspecified atom stereocenters. The minimum atomic E-state index is -0.548. The van der Waals surface area contributed by atoms with Crippen LogP contribution < -0.4 is 0 Å².